The zero-order valence-corrected chi connectivity index (χ0v) is 8.70. The molecule has 0 amide bonds. The van der Waals surface area contributed by atoms with E-state index in [1.807, 2.05) is 13.8 Å². The monoisotopic (exact) mass is 307 g/mol. The molecule has 0 atom stereocenters. The second-order valence-corrected chi connectivity index (χ2v) is 1.91. The first-order valence-electron chi connectivity index (χ1n) is 2.65. The Morgan fingerprint density at radius 3 is 2.30 bits per heavy atom. The molecule has 1 N–H and O–H groups in total. The van der Waals surface area contributed by atoms with Crippen molar-refractivity contribution < 1.29 is 25.9 Å². The summed E-state index contributed by atoms with van der Waals surface area (Å²) in [6.07, 6.45) is 1.75. The Balaban J connectivity index is 0.000000810. The minimum atomic E-state index is 0. The largest absolute Gasteiger partial charge is 2.00 e. The summed E-state index contributed by atoms with van der Waals surface area (Å²) >= 11 is 0. The third kappa shape index (κ3) is 1.54. The van der Waals surface area contributed by atoms with E-state index in [-0.39, 0.29) is 21.1 Å². The van der Waals surface area contributed by atoms with Gasteiger partial charge in [-0.15, -0.1) is 12.5 Å². The van der Waals surface area contributed by atoms with Crippen molar-refractivity contribution in [3.63, 3.8) is 0 Å². The van der Waals surface area contributed by atoms with Crippen molar-refractivity contribution >= 4 is 6.29 Å². The van der Waals surface area contributed by atoms with Crippen molar-refractivity contribution in [3.05, 3.63) is 17.0 Å². The standard InChI is InChI=1S/C6H7N2O.W/c1-4-5(2)7-8-6(4)3-9;/h1-2H3,(H,7,8);/q-1;+2. The fourth-order valence-electron chi connectivity index (χ4n) is 0.588. The third-order valence-electron chi connectivity index (χ3n) is 1.36. The number of carbonyl (C=O) groups excluding carboxylic acids is 1. The van der Waals surface area contributed by atoms with Gasteiger partial charge >= 0.3 is 21.1 Å². The number of aromatic amines is 1. The van der Waals surface area contributed by atoms with E-state index in [0.717, 1.165) is 11.3 Å². The second kappa shape index (κ2) is 3.67. The van der Waals surface area contributed by atoms with Gasteiger partial charge in [0.2, 0.25) is 0 Å². The van der Waals surface area contributed by atoms with Crippen LogP contribution in [-0.2, 0) is 25.9 Å². The minimum absolute atomic E-state index is 0. The normalized spacial score (nSPS) is 8.60. The third-order valence-corrected chi connectivity index (χ3v) is 1.36. The summed E-state index contributed by atoms with van der Waals surface area (Å²) in [5.41, 5.74) is 2.19. The molecule has 1 rings (SSSR count). The van der Waals surface area contributed by atoms with Crippen LogP contribution in [0, 0.1) is 13.8 Å². The zero-order valence-electron chi connectivity index (χ0n) is 5.76. The molecule has 1 heterocycles. The van der Waals surface area contributed by atoms with E-state index in [4.69, 9.17) is 0 Å². The molecule has 0 aliphatic rings. The van der Waals surface area contributed by atoms with E-state index < -0.39 is 0 Å². The number of aromatic nitrogens is 2. The van der Waals surface area contributed by atoms with Gasteiger partial charge in [0.15, 0.2) is 0 Å². The van der Waals surface area contributed by atoms with E-state index in [0.29, 0.717) is 5.69 Å². The predicted octanol–water partition coefficient (Wildman–Crippen LogP) is 0.482. The molecule has 0 spiro atoms. The number of rotatable bonds is 1. The molecule has 0 bridgehead atoms. The van der Waals surface area contributed by atoms with Gasteiger partial charge in [0.25, 0.3) is 0 Å². The van der Waals surface area contributed by atoms with E-state index in [2.05, 4.69) is 10.2 Å². The fraction of sp³-hybridized carbons (Fsp3) is 0.333. The average molecular weight is 307 g/mol. The number of aryl methyl sites for hydroxylation is 1. The maximum absolute atomic E-state index is 10.0. The molecule has 0 radical (unpaired) electrons. The summed E-state index contributed by atoms with van der Waals surface area (Å²) in [5, 5.41) is 6.35. The molecule has 0 saturated carbocycles. The predicted molar refractivity (Wildman–Crippen MR) is 32.9 cm³/mol. The van der Waals surface area contributed by atoms with E-state index in [1.165, 1.54) is 0 Å². The summed E-state index contributed by atoms with van der Waals surface area (Å²) in [6.45, 7) is 3.67. The van der Waals surface area contributed by atoms with Gasteiger partial charge in [0.1, 0.15) is 0 Å². The van der Waals surface area contributed by atoms with E-state index >= 15 is 0 Å². The van der Waals surface area contributed by atoms with Crippen LogP contribution in [0.25, 0.3) is 0 Å². The zero-order chi connectivity index (χ0) is 6.85. The molecule has 10 heavy (non-hydrogen) atoms. The first-order valence-corrected chi connectivity index (χ1v) is 2.65. The van der Waals surface area contributed by atoms with Crippen LogP contribution in [-0.4, -0.2) is 16.5 Å². The van der Waals surface area contributed by atoms with Crippen LogP contribution in [0.2, 0.25) is 0 Å². The van der Waals surface area contributed by atoms with Gasteiger partial charge in [-0.3, -0.25) is 0 Å². The Bertz CT molecular complexity index is 232. The molecule has 0 aliphatic heterocycles. The molecular formula is C6H7N2OW+. The first kappa shape index (κ1) is 9.57. The van der Waals surface area contributed by atoms with Gasteiger partial charge in [0, 0.05) is 6.29 Å². The second-order valence-electron chi connectivity index (χ2n) is 1.91. The van der Waals surface area contributed by atoms with Crippen LogP contribution in [0.4, 0.5) is 0 Å². The molecule has 4 heteroatoms. The Kier molecular flexibility index (Phi) is 3.51. The summed E-state index contributed by atoms with van der Waals surface area (Å²) < 4.78 is 0. The van der Waals surface area contributed by atoms with Crippen LogP contribution in [0.3, 0.4) is 0 Å². The van der Waals surface area contributed by atoms with Gasteiger partial charge in [-0.1, -0.05) is 5.69 Å². The molecule has 0 fully saturated rings. The Morgan fingerprint density at radius 2 is 2.10 bits per heavy atom. The summed E-state index contributed by atoms with van der Waals surface area (Å²) in [7, 11) is 0. The molecular weight excluding hydrogens is 300 g/mol. The van der Waals surface area contributed by atoms with Crippen LogP contribution in [0.1, 0.15) is 17.0 Å². The van der Waals surface area contributed by atoms with Crippen LogP contribution >= 0.6 is 0 Å². The van der Waals surface area contributed by atoms with Gasteiger partial charge in [0.05, 0.1) is 0 Å². The molecule has 3 nitrogen and oxygen atoms in total. The SMILES string of the molecule is Cc1n[nH]c([C-]=O)c1C.[W+2]. The maximum atomic E-state index is 10.0. The van der Waals surface area contributed by atoms with E-state index in [9.17, 15) is 4.79 Å². The number of hydrogen-bond acceptors (Lipinski definition) is 2. The molecule has 0 aromatic carbocycles. The first-order chi connectivity index (χ1) is 4.25. The average Bonchev–Trinajstić information content (AvgIpc) is 2.15. The molecule has 0 unspecified atom stereocenters. The smallest absolute Gasteiger partial charge is 0.417 e. The summed E-state index contributed by atoms with van der Waals surface area (Å²) in [6, 6.07) is 0. The van der Waals surface area contributed by atoms with Crippen molar-refractivity contribution in [2.24, 2.45) is 0 Å². The molecule has 0 aliphatic carbocycles. The summed E-state index contributed by atoms with van der Waals surface area (Å²) in [5.74, 6) is 0. The van der Waals surface area contributed by atoms with Gasteiger partial charge in [-0.25, -0.2) is 5.10 Å². The molecule has 0 saturated heterocycles. The maximum Gasteiger partial charge on any atom is 2.00 e. The van der Waals surface area contributed by atoms with Crippen molar-refractivity contribution in [2.45, 2.75) is 13.8 Å². The Hall–Kier alpha value is -0.432. The quantitative estimate of drug-likeness (QED) is 0.767. The molecule has 1 aromatic heterocycles. The number of nitrogens with zero attached hydrogens (tertiary/aromatic N) is 1. The topological polar surface area (TPSA) is 45.8 Å². The van der Waals surface area contributed by atoms with Crippen molar-refractivity contribution in [2.75, 3.05) is 0 Å². The fourth-order valence-corrected chi connectivity index (χ4v) is 0.588. The van der Waals surface area contributed by atoms with Gasteiger partial charge in [-0.05, 0) is 12.6 Å². The van der Waals surface area contributed by atoms with Gasteiger partial charge in [-0.2, -0.15) is 0 Å². The summed E-state index contributed by atoms with van der Waals surface area (Å²) in [4.78, 5) is 10.0. The number of hydrogen-bond donors (Lipinski definition) is 1. The Labute approximate surface area is 73.5 Å². The number of H-pyrrole nitrogens is 1. The van der Waals surface area contributed by atoms with Gasteiger partial charge < -0.3 is 9.89 Å². The van der Waals surface area contributed by atoms with Crippen LogP contribution < -0.4 is 0 Å². The molecule has 52 valence electrons. The van der Waals surface area contributed by atoms with Crippen LogP contribution in [0.15, 0.2) is 0 Å². The molecule has 1 aromatic rings. The van der Waals surface area contributed by atoms with Crippen molar-refractivity contribution in [1.29, 1.82) is 0 Å². The van der Waals surface area contributed by atoms with E-state index in [1.54, 1.807) is 6.29 Å². The Morgan fingerprint density at radius 1 is 1.50 bits per heavy atom. The van der Waals surface area contributed by atoms with Crippen molar-refractivity contribution in [1.82, 2.24) is 10.2 Å². The van der Waals surface area contributed by atoms with Crippen molar-refractivity contribution in [3.8, 4) is 0 Å². The van der Waals surface area contributed by atoms with Crippen LogP contribution in [0.5, 0.6) is 0 Å². The number of nitrogens with one attached hydrogen (secondary N) is 1. The minimum Gasteiger partial charge on any atom is -0.417 e.